The van der Waals surface area contributed by atoms with Crippen molar-refractivity contribution in [3.63, 3.8) is 0 Å². The number of carbonyl (C=O) groups excluding carboxylic acids is 2. The number of thioether (sulfide) groups is 2. The Labute approximate surface area is 199 Å². The SMILES string of the molecule is O=C(COc1ccc(C2SCCCS2)cc1)Nc1ccc(Cl)cc1NC(=O)c1ccco1. The maximum absolute atomic E-state index is 12.4. The lowest BCUT2D eigenvalue weighted by atomic mass is 10.2. The van der Waals surface area contributed by atoms with Gasteiger partial charge in [0.25, 0.3) is 11.8 Å². The molecule has 1 fully saturated rings. The van der Waals surface area contributed by atoms with Crippen LogP contribution in [-0.4, -0.2) is 29.9 Å². The molecule has 2 N–H and O–H groups in total. The van der Waals surface area contributed by atoms with Crippen LogP contribution in [0.5, 0.6) is 5.75 Å². The van der Waals surface area contributed by atoms with Gasteiger partial charge in [0.15, 0.2) is 12.4 Å². The van der Waals surface area contributed by atoms with Gasteiger partial charge in [-0.3, -0.25) is 9.59 Å². The number of hydrogen-bond donors (Lipinski definition) is 2. The van der Waals surface area contributed by atoms with Gasteiger partial charge in [0.2, 0.25) is 0 Å². The molecule has 4 rings (SSSR count). The molecule has 0 bridgehead atoms. The van der Waals surface area contributed by atoms with E-state index in [0.29, 0.717) is 26.7 Å². The number of nitrogens with one attached hydrogen (secondary N) is 2. The number of ether oxygens (including phenoxy) is 1. The summed E-state index contributed by atoms with van der Waals surface area (Å²) >= 11 is 9.98. The lowest BCUT2D eigenvalue weighted by molar-refractivity contribution is -0.118. The van der Waals surface area contributed by atoms with Crippen molar-refractivity contribution in [3.05, 3.63) is 77.2 Å². The topological polar surface area (TPSA) is 80.6 Å². The van der Waals surface area contributed by atoms with E-state index in [0.717, 1.165) is 0 Å². The predicted molar refractivity (Wildman–Crippen MR) is 131 cm³/mol. The summed E-state index contributed by atoms with van der Waals surface area (Å²) in [6.07, 6.45) is 2.66. The van der Waals surface area contributed by atoms with Crippen LogP contribution in [0.2, 0.25) is 5.02 Å². The van der Waals surface area contributed by atoms with E-state index in [4.69, 9.17) is 20.8 Å². The zero-order chi connectivity index (χ0) is 22.3. The van der Waals surface area contributed by atoms with Crippen molar-refractivity contribution in [1.29, 1.82) is 0 Å². The smallest absolute Gasteiger partial charge is 0.291 e. The second kappa shape index (κ2) is 10.8. The summed E-state index contributed by atoms with van der Waals surface area (Å²) in [4.78, 5) is 24.7. The van der Waals surface area contributed by atoms with Gasteiger partial charge in [-0.2, -0.15) is 0 Å². The minimum atomic E-state index is -0.446. The number of benzene rings is 2. The predicted octanol–water partition coefficient (Wildman–Crippen LogP) is 6.07. The largest absolute Gasteiger partial charge is 0.484 e. The van der Waals surface area contributed by atoms with Gasteiger partial charge in [-0.1, -0.05) is 23.7 Å². The van der Waals surface area contributed by atoms with Crippen molar-refractivity contribution in [2.24, 2.45) is 0 Å². The maximum atomic E-state index is 12.4. The monoisotopic (exact) mass is 488 g/mol. The molecule has 0 spiro atoms. The van der Waals surface area contributed by atoms with Crippen molar-refractivity contribution in [1.82, 2.24) is 0 Å². The molecule has 0 aliphatic carbocycles. The molecule has 2 aromatic carbocycles. The van der Waals surface area contributed by atoms with E-state index in [9.17, 15) is 9.59 Å². The molecule has 9 heteroatoms. The maximum Gasteiger partial charge on any atom is 0.291 e. The second-order valence-electron chi connectivity index (χ2n) is 6.95. The fraction of sp³-hybridized carbons (Fsp3) is 0.217. The summed E-state index contributed by atoms with van der Waals surface area (Å²) in [7, 11) is 0. The minimum absolute atomic E-state index is 0.152. The Morgan fingerprint density at radius 1 is 1.03 bits per heavy atom. The fourth-order valence-electron chi connectivity index (χ4n) is 3.06. The summed E-state index contributed by atoms with van der Waals surface area (Å²) in [6.45, 7) is -0.166. The van der Waals surface area contributed by atoms with Gasteiger partial charge in [-0.25, -0.2) is 0 Å². The normalized spacial score (nSPS) is 14.0. The first-order chi connectivity index (χ1) is 15.6. The van der Waals surface area contributed by atoms with E-state index in [1.54, 1.807) is 30.3 Å². The van der Waals surface area contributed by atoms with Gasteiger partial charge in [0.05, 0.1) is 22.2 Å². The third-order valence-corrected chi connectivity index (χ3v) is 7.85. The fourth-order valence-corrected chi connectivity index (χ4v) is 6.12. The van der Waals surface area contributed by atoms with Gasteiger partial charge in [-0.05, 0) is 66.0 Å². The summed E-state index contributed by atoms with van der Waals surface area (Å²) in [6, 6.07) is 15.8. The van der Waals surface area contributed by atoms with Gasteiger partial charge >= 0.3 is 0 Å². The van der Waals surface area contributed by atoms with Crippen molar-refractivity contribution in [2.75, 3.05) is 28.7 Å². The molecule has 2 amide bonds. The lowest BCUT2D eigenvalue weighted by Gasteiger charge is -2.21. The molecular formula is C23H21ClN2O4S2. The number of furan rings is 1. The van der Waals surface area contributed by atoms with Crippen molar-refractivity contribution in [2.45, 2.75) is 11.0 Å². The van der Waals surface area contributed by atoms with Crippen LogP contribution in [0, 0.1) is 0 Å². The van der Waals surface area contributed by atoms with Crippen LogP contribution in [0.4, 0.5) is 11.4 Å². The Morgan fingerprint density at radius 3 is 2.53 bits per heavy atom. The van der Waals surface area contributed by atoms with Crippen LogP contribution in [-0.2, 0) is 4.79 Å². The van der Waals surface area contributed by atoms with Crippen LogP contribution in [0.15, 0.2) is 65.3 Å². The average Bonchev–Trinajstić information content (AvgIpc) is 3.36. The van der Waals surface area contributed by atoms with E-state index >= 15 is 0 Å². The molecule has 2 heterocycles. The van der Waals surface area contributed by atoms with E-state index in [1.807, 2.05) is 47.8 Å². The first kappa shape index (κ1) is 22.6. The quantitative estimate of drug-likeness (QED) is 0.420. The van der Waals surface area contributed by atoms with Crippen molar-refractivity contribution < 1.29 is 18.7 Å². The summed E-state index contributed by atoms with van der Waals surface area (Å²) in [5, 5.41) is 5.86. The van der Waals surface area contributed by atoms with E-state index in [1.165, 1.54) is 29.8 Å². The molecule has 1 saturated heterocycles. The van der Waals surface area contributed by atoms with Crippen molar-refractivity contribution in [3.8, 4) is 5.75 Å². The van der Waals surface area contributed by atoms with Gasteiger partial charge in [0.1, 0.15) is 5.75 Å². The van der Waals surface area contributed by atoms with Gasteiger partial charge in [0, 0.05) is 5.02 Å². The Hall–Kier alpha value is -2.55. The molecule has 0 saturated carbocycles. The highest BCUT2D eigenvalue weighted by Crippen LogP contribution is 2.43. The zero-order valence-corrected chi connectivity index (χ0v) is 19.4. The standard InChI is InChI=1S/C23H21ClN2O4S2/c24-16-6-9-18(19(13-16)26-22(28)20-3-1-10-29-20)25-21(27)14-30-17-7-4-15(5-8-17)23-31-11-2-12-32-23/h1,3-10,13,23H,2,11-12,14H2,(H,25,27)(H,26,28). The second-order valence-corrected chi connectivity index (χ2v) is 10.1. The summed E-state index contributed by atoms with van der Waals surface area (Å²) in [5.41, 5.74) is 2.03. The number of anilines is 2. The van der Waals surface area contributed by atoms with E-state index in [-0.39, 0.29) is 18.3 Å². The highest BCUT2D eigenvalue weighted by Gasteiger charge is 2.17. The summed E-state index contributed by atoms with van der Waals surface area (Å²) < 4.78 is 11.2. The minimum Gasteiger partial charge on any atom is -0.484 e. The molecule has 0 unspecified atom stereocenters. The molecule has 0 radical (unpaired) electrons. The molecular weight excluding hydrogens is 468 g/mol. The number of rotatable bonds is 7. The van der Waals surface area contributed by atoms with Crippen LogP contribution in [0.3, 0.4) is 0 Å². The Kier molecular flexibility index (Phi) is 7.68. The van der Waals surface area contributed by atoms with E-state index < -0.39 is 5.91 Å². The molecule has 3 aromatic rings. The molecule has 6 nitrogen and oxygen atoms in total. The van der Waals surface area contributed by atoms with Crippen molar-refractivity contribution >= 4 is 58.3 Å². The third kappa shape index (κ3) is 6.03. The van der Waals surface area contributed by atoms with Crippen LogP contribution in [0.1, 0.15) is 27.1 Å². The highest BCUT2D eigenvalue weighted by atomic mass is 35.5. The molecule has 1 aromatic heterocycles. The molecule has 0 atom stereocenters. The highest BCUT2D eigenvalue weighted by molar-refractivity contribution is 8.16. The molecule has 166 valence electrons. The zero-order valence-electron chi connectivity index (χ0n) is 17.0. The Morgan fingerprint density at radius 2 is 1.81 bits per heavy atom. The first-order valence-electron chi connectivity index (χ1n) is 9.99. The first-order valence-corrected chi connectivity index (χ1v) is 12.5. The number of halogens is 1. The Bertz CT molecular complexity index is 1070. The molecule has 32 heavy (non-hydrogen) atoms. The average molecular weight is 489 g/mol. The van der Waals surface area contributed by atoms with Crippen LogP contribution >= 0.6 is 35.1 Å². The number of hydrogen-bond acceptors (Lipinski definition) is 6. The van der Waals surface area contributed by atoms with Gasteiger partial charge < -0.3 is 19.8 Å². The lowest BCUT2D eigenvalue weighted by Crippen LogP contribution is -2.21. The number of amides is 2. The van der Waals surface area contributed by atoms with Gasteiger partial charge in [-0.15, -0.1) is 23.5 Å². The summed E-state index contributed by atoms with van der Waals surface area (Å²) in [5.74, 6) is 2.34. The third-order valence-electron chi connectivity index (χ3n) is 4.60. The molecule has 1 aliphatic rings. The van der Waals surface area contributed by atoms with Crippen LogP contribution in [0.25, 0.3) is 0 Å². The Balaban J connectivity index is 1.34. The molecule has 1 aliphatic heterocycles. The van der Waals surface area contributed by atoms with Crippen LogP contribution < -0.4 is 15.4 Å². The number of carbonyl (C=O) groups is 2. The van der Waals surface area contributed by atoms with E-state index in [2.05, 4.69) is 10.6 Å².